The molecule has 11 aromatic rings. The number of benzene rings is 9. The van der Waals surface area contributed by atoms with Crippen LogP contribution in [-0.2, 0) is 0 Å². The number of fused-ring (bicyclic) bond motifs is 12. The molecule has 56 heavy (non-hydrogen) atoms. The van der Waals surface area contributed by atoms with Crippen molar-refractivity contribution in [3.63, 3.8) is 0 Å². The highest BCUT2D eigenvalue weighted by Gasteiger charge is 2.44. The first-order chi connectivity index (χ1) is 27.8. The maximum atomic E-state index is 2.70. The highest BCUT2D eigenvalue weighted by atomic mass is 32.1. The zero-order chi connectivity index (χ0) is 36.5. The molecule has 2 aliphatic heterocycles. The summed E-state index contributed by atoms with van der Waals surface area (Å²) >= 11 is 1.91. The normalized spacial score (nSPS) is 12.9. The van der Waals surface area contributed by atoms with E-state index >= 15 is 0 Å². The van der Waals surface area contributed by atoms with Crippen molar-refractivity contribution in [1.29, 1.82) is 0 Å². The van der Waals surface area contributed by atoms with E-state index in [9.17, 15) is 0 Å². The predicted octanol–water partition coefficient (Wildman–Crippen LogP) is 13.1. The maximum absolute atomic E-state index is 2.70. The van der Waals surface area contributed by atoms with Crippen molar-refractivity contribution in [3.8, 4) is 33.4 Å². The lowest BCUT2D eigenvalue weighted by atomic mass is 9.44. The summed E-state index contributed by atoms with van der Waals surface area (Å²) in [5.74, 6) is 0. The predicted molar refractivity (Wildman–Crippen MR) is 241 cm³/mol. The maximum Gasteiger partial charge on any atom is 0.333 e. The Hall–Kier alpha value is -6.88. The van der Waals surface area contributed by atoms with Gasteiger partial charge in [0.1, 0.15) is 0 Å². The van der Waals surface area contributed by atoms with Crippen molar-refractivity contribution in [2.75, 3.05) is 4.90 Å². The third-order valence-electron chi connectivity index (χ3n) is 12.3. The quantitative estimate of drug-likeness (QED) is 0.165. The van der Waals surface area contributed by atoms with Gasteiger partial charge in [0.05, 0.1) is 5.69 Å². The summed E-state index contributed by atoms with van der Waals surface area (Å²) in [5.41, 5.74) is 16.5. The number of hydrogen-bond donors (Lipinski definition) is 0. The first-order valence-electron chi connectivity index (χ1n) is 19.4. The number of nitrogens with zero attached hydrogens (tertiary/aromatic N) is 2. The second-order valence-electron chi connectivity index (χ2n) is 15.2. The van der Waals surface area contributed by atoms with E-state index in [-0.39, 0.29) is 6.85 Å². The lowest BCUT2D eigenvalue weighted by Gasteiger charge is -2.41. The fourth-order valence-corrected chi connectivity index (χ4v) is 11.1. The Morgan fingerprint density at radius 3 is 1.91 bits per heavy atom. The Morgan fingerprint density at radius 2 is 1.11 bits per heavy atom. The van der Waals surface area contributed by atoms with Crippen molar-refractivity contribution in [2.45, 2.75) is 0 Å². The summed E-state index contributed by atoms with van der Waals surface area (Å²) in [6, 6.07) is 70.1. The van der Waals surface area contributed by atoms with Gasteiger partial charge >= 0.3 is 6.85 Å². The topological polar surface area (TPSA) is 8.17 Å². The molecule has 0 saturated carbocycles. The molecule has 0 bridgehead atoms. The molecule has 2 aromatic heterocycles. The monoisotopic (exact) mass is 726 g/mol. The van der Waals surface area contributed by atoms with Crippen molar-refractivity contribution in [1.82, 2.24) is 4.48 Å². The van der Waals surface area contributed by atoms with Crippen LogP contribution >= 0.6 is 11.3 Å². The van der Waals surface area contributed by atoms with Crippen LogP contribution in [0.1, 0.15) is 0 Å². The number of para-hydroxylation sites is 1. The Labute approximate surface area is 328 Å². The van der Waals surface area contributed by atoms with Gasteiger partial charge in [-0.25, -0.2) is 0 Å². The van der Waals surface area contributed by atoms with Crippen LogP contribution in [0.5, 0.6) is 0 Å². The molecule has 0 fully saturated rings. The highest BCUT2D eigenvalue weighted by molar-refractivity contribution is 7.26. The van der Waals surface area contributed by atoms with Crippen LogP contribution in [0.25, 0.3) is 86.1 Å². The third kappa shape index (κ3) is 4.11. The van der Waals surface area contributed by atoms with Gasteiger partial charge in [0.25, 0.3) is 0 Å². The molecule has 0 radical (unpaired) electrons. The zero-order valence-electron chi connectivity index (χ0n) is 30.3. The SMILES string of the molecule is c1ccc(-c2ccc(N3c4ccc(-c5ccccc5)cc4B4c5c(cc6sc7ccccc7c6c53)-c3cccc5c6cc7ccccc7cc6n4c35)cc2)cc1. The number of hydrogen-bond acceptors (Lipinski definition) is 2. The standard InChI is InChI=1S/C52H31BN2S/c1-3-12-32(13-4-1)34-22-25-38(26-23-34)54-45-27-24-37(33-14-5-2-6-15-33)29-44(45)53-50-43(31-48-49(52(50)54)41-18-9-10-21-47(41)56-48)40-20-11-19-39-42-28-35-16-7-8-17-36(35)30-46(42)55(53)51(39)40/h1-31H. The highest BCUT2D eigenvalue weighted by Crippen LogP contribution is 2.51. The van der Waals surface area contributed by atoms with Gasteiger partial charge in [0.15, 0.2) is 0 Å². The summed E-state index contributed by atoms with van der Waals surface area (Å²) in [4.78, 5) is 2.59. The number of aromatic nitrogens is 1. The van der Waals surface area contributed by atoms with E-state index in [2.05, 4.69) is 197 Å². The van der Waals surface area contributed by atoms with E-state index in [0.717, 1.165) is 5.69 Å². The average Bonchev–Trinajstić information content (AvgIpc) is 3.80. The molecular weight excluding hydrogens is 695 g/mol. The Kier molecular flexibility index (Phi) is 6.16. The van der Waals surface area contributed by atoms with E-state index in [1.54, 1.807) is 0 Å². The summed E-state index contributed by atoms with van der Waals surface area (Å²) in [7, 11) is 0. The molecule has 0 aliphatic carbocycles. The van der Waals surface area contributed by atoms with Gasteiger partial charge in [-0.15, -0.1) is 11.3 Å². The molecule has 9 aromatic carbocycles. The van der Waals surface area contributed by atoms with Gasteiger partial charge < -0.3 is 9.38 Å². The average molecular weight is 727 g/mol. The minimum atomic E-state index is -0.0439. The van der Waals surface area contributed by atoms with Gasteiger partial charge in [-0.05, 0) is 92.0 Å². The summed E-state index contributed by atoms with van der Waals surface area (Å²) in [5, 5.41) is 7.80. The lowest BCUT2D eigenvalue weighted by molar-refractivity contribution is 1.27. The molecule has 2 nitrogen and oxygen atoms in total. The van der Waals surface area contributed by atoms with Crippen LogP contribution in [0.3, 0.4) is 0 Å². The second-order valence-corrected chi connectivity index (χ2v) is 16.3. The fourth-order valence-electron chi connectivity index (χ4n) is 9.92. The van der Waals surface area contributed by atoms with Crippen LogP contribution in [0.15, 0.2) is 188 Å². The summed E-state index contributed by atoms with van der Waals surface area (Å²) in [6.45, 7) is -0.0439. The van der Waals surface area contributed by atoms with Crippen molar-refractivity contribution < 1.29 is 0 Å². The Bertz CT molecular complexity index is 3420. The number of anilines is 3. The summed E-state index contributed by atoms with van der Waals surface area (Å²) < 4.78 is 5.33. The molecule has 0 unspecified atom stereocenters. The van der Waals surface area contributed by atoms with E-state index in [4.69, 9.17) is 0 Å². The first-order valence-corrected chi connectivity index (χ1v) is 20.2. The number of thiophene rings is 1. The largest absolute Gasteiger partial charge is 0.375 e. The molecular formula is C52H31BN2S. The van der Waals surface area contributed by atoms with E-state index < -0.39 is 0 Å². The smallest absolute Gasteiger partial charge is 0.333 e. The molecule has 4 heteroatoms. The van der Waals surface area contributed by atoms with Gasteiger partial charge in [0, 0.05) is 58.9 Å². The van der Waals surface area contributed by atoms with E-state index in [1.807, 2.05) is 11.3 Å². The van der Waals surface area contributed by atoms with Crippen LogP contribution < -0.4 is 15.8 Å². The summed E-state index contributed by atoms with van der Waals surface area (Å²) in [6.07, 6.45) is 0. The van der Waals surface area contributed by atoms with Crippen molar-refractivity contribution >= 4 is 98.9 Å². The lowest BCUT2D eigenvalue weighted by Crippen LogP contribution is -2.56. The van der Waals surface area contributed by atoms with Gasteiger partial charge in [-0.3, -0.25) is 0 Å². The Balaban J connectivity index is 1.20. The van der Waals surface area contributed by atoms with Gasteiger partial charge in [-0.1, -0.05) is 146 Å². The molecule has 258 valence electrons. The molecule has 0 spiro atoms. The van der Waals surface area contributed by atoms with E-state index in [1.165, 1.54) is 108 Å². The van der Waals surface area contributed by atoms with Crippen molar-refractivity contribution in [3.05, 3.63) is 188 Å². The minimum Gasteiger partial charge on any atom is -0.375 e. The molecule has 0 N–H and O–H groups in total. The zero-order valence-corrected chi connectivity index (χ0v) is 31.1. The fraction of sp³-hybridized carbons (Fsp3) is 0. The van der Waals surface area contributed by atoms with Crippen molar-refractivity contribution in [2.24, 2.45) is 0 Å². The third-order valence-corrected chi connectivity index (χ3v) is 13.4. The van der Waals surface area contributed by atoms with Crippen LogP contribution in [0.2, 0.25) is 0 Å². The van der Waals surface area contributed by atoms with Crippen LogP contribution in [-0.4, -0.2) is 11.3 Å². The van der Waals surface area contributed by atoms with Gasteiger partial charge in [-0.2, -0.15) is 0 Å². The molecule has 0 atom stereocenters. The molecule has 2 aliphatic rings. The van der Waals surface area contributed by atoms with Crippen LogP contribution in [0.4, 0.5) is 17.1 Å². The molecule has 0 amide bonds. The van der Waals surface area contributed by atoms with Gasteiger partial charge in [0.2, 0.25) is 0 Å². The second kappa shape index (κ2) is 11.3. The molecule has 0 saturated heterocycles. The first kappa shape index (κ1) is 30.5. The number of rotatable bonds is 3. The molecule has 13 rings (SSSR count). The molecule has 4 heterocycles. The minimum absolute atomic E-state index is 0.0439. The van der Waals surface area contributed by atoms with Crippen LogP contribution in [0, 0.1) is 0 Å². The van der Waals surface area contributed by atoms with E-state index in [0.29, 0.717) is 0 Å². The Morgan fingerprint density at radius 1 is 0.446 bits per heavy atom.